The van der Waals surface area contributed by atoms with Gasteiger partial charge in [0, 0.05) is 0 Å². The molecule has 0 N–H and O–H groups in total. The van der Waals surface area contributed by atoms with Crippen molar-refractivity contribution in [3.63, 3.8) is 0 Å². The van der Waals surface area contributed by atoms with Crippen molar-refractivity contribution >= 4 is 29.2 Å². The van der Waals surface area contributed by atoms with Crippen LogP contribution in [0.25, 0.3) is 11.2 Å². The topological polar surface area (TPSA) is 79.1 Å². The number of carbonyl (C=O) groups excluding carboxylic acids is 1. The van der Waals surface area contributed by atoms with Crippen LogP contribution in [-0.2, 0) is 14.3 Å². The van der Waals surface area contributed by atoms with E-state index in [2.05, 4.69) is 15.0 Å². The maximum Gasteiger partial charge on any atom is 0.293 e. The number of hydrogen-bond acceptors (Lipinski definition) is 6. The molecule has 3 heterocycles. The summed E-state index contributed by atoms with van der Waals surface area (Å²) < 4.78 is 12.4. The number of rotatable bonds is 4. The van der Waals surface area contributed by atoms with Crippen molar-refractivity contribution in [1.29, 1.82) is 0 Å². The fraction of sp³-hybridized carbons (Fsp3) is 0.500. The predicted octanol–water partition coefficient (Wildman–Crippen LogP) is 1.64. The molecular formula is C12H13ClN4O3. The van der Waals surface area contributed by atoms with E-state index >= 15 is 0 Å². The minimum absolute atomic E-state index is 0.0962. The number of aromatic nitrogens is 4. The Morgan fingerprint density at radius 2 is 2.40 bits per heavy atom. The molecule has 8 heteroatoms. The van der Waals surface area contributed by atoms with Crippen molar-refractivity contribution in [2.24, 2.45) is 0 Å². The molecule has 2 aromatic heterocycles. The van der Waals surface area contributed by atoms with Crippen LogP contribution in [-0.4, -0.2) is 38.7 Å². The molecule has 0 amide bonds. The molecule has 0 saturated carbocycles. The molecule has 1 fully saturated rings. The standard InChI is InChI=1S/C12H13ClN4O3/c1-7-15-11(13)10-12(16-7)17(5-14-10)9-3-2-8(20-9)4-19-6-18/h5-6,8-9H,2-4H2,1H3/t8-,9?/m0/s1. The summed E-state index contributed by atoms with van der Waals surface area (Å²) in [5.41, 5.74) is 1.22. The molecule has 2 aromatic rings. The zero-order valence-corrected chi connectivity index (χ0v) is 11.6. The Balaban J connectivity index is 1.86. The summed E-state index contributed by atoms with van der Waals surface area (Å²) in [6.07, 6.45) is 3.00. The highest BCUT2D eigenvalue weighted by atomic mass is 35.5. The molecule has 2 atom stereocenters. The van der Waals surface area contributed by atoms with Crippen LogP contribution in [0.15, 0.2) is 6.33 Å². The molecule has 0 bridgehead atoms. The Kier molecular flexibility index (Phi) is 3.54. The molecule has 0 spiro atoms. The van der Waals surface area contributed by atoms with Crippen molar-refractivity contribution in [3.05, 3.63) is 17.3 Å². The van der Waals surface area contributed by atoms with Crippen LogP contribution in [0.2, 0.25) is 5.15 Å². The van der Waals surface area contributed by atoms with Crippen molar-refractivity contribution < 1.29 is 14.3 Å². The number of ether oxygens (including phenoxy) is 2. The summed E-state index contributed by atoms with van der Waals surface area (Å²) in [6, 6.07) is 0. The first kappa shape index (κ1) is 13.3. The van der Waals surface area contributed by atoms with Crippen LogP contribution < -0.4 is 0 Å². The van der Waals surface area contributed by atoms with E-state index in [4.69, 9.17) is 21.1 Å². The van der Waals surface area contributed by atoms with E-state index in [1.54, 1.807) is 13.3 Å². The lowest BCUT2D eigenvalue weighted by Gasteiger charge is -2.14. The van der Waals surface area contributed by atoms with Crippen LogP contribution in [0.5, 0.6) is 0 Å². The summed E-state index contributed by atoms with van der Waals surface area (Å²) in [4.78, 5) is 22.9. The Morgan fingerprint density at radius 3 is 3.20 bits per heavy atom. The predicted molar refractivity (Wildman–Crippen MR) is 70.2 cm³/mol. The molecule has 1 saturated heterocycles. The monoisotopic (exact) mass is 296 g/mol. The van der Waals surface area contributed by atoms with Gasteiger partial charge in [0.15, 0.2) is 10.8 Å². The van der Waals surface area contributed by atoms with E-state index in [1.807, 2.05) is 4.57 Å². The van der Waals surface area contributed by atoms with Crippen molar-refractivity contribution in [2.45, 2.75) is 32.1 Å². The molecule has 106 valence electrons. The normalized spacial score (nSPS) is 22.3. The molecule has 0 aliphatic carbocycles. The van der Waals surface area contributed by atoms with E-state index in [1.165, 1.54) is 0 Å². The minimum Gasteiger partial charge on any atom is -0.465 e. The van der Waals surface area contributed by atoms with Gasteiger partial charge in [0.25, 0.3) is 6.47 Å². The summed E-state index contributed by atoms with van der Waals surface area (Å²) in [5, 5.41) is 0.338. The van der Waals surface area contributed by atoms with Crippen LogP contribution >= 0.6 is 11.6 Å². The van der Waals surface area contributed by atoms with Crippen LogP contribution in [0.4, 0.5) is 0 Å². The molecule has 3 rings (SSSR count). The number of aryl methyl sites for hydroxylation is 1. The highest BCUT2D eigenvalue weighted by Gasteiger charge is 2.28. The second-order valence-electron chi connectivity index (χ2n) is 4.61. The first-order valence-corrected chi connectivity index (χ1v) is 6.64. The van der Waals surface area contributed by atoms with Gasteiger partial charge in [-0.25, -0.2) is 15.0 Å². The molecule has 1 unspecified atom stereocenters. The van der Waals surface area contributed by atoms with Crippen molar-refractivity contribution in [1.82, 2.24) is 19.5 Å². The molecule has 1 aliphatic heterocycles. The first-order valence-electron chi connectivity index (χ1n) is 6.26. The maximum absolute atomic E-state index is 10.2. The Bertz CT molecular complexity index is 645. The maximum atomic E-state index is 10.2. The number of nitrogens with zero attached hydrogens (tertiary/aromatic N) is 4. The smallest absolute Gasteiger partial charge is 0.293 e. The molecule has 0 aromatic carbocycles. The first-order chi connectivity index (χ1) is 9.69. The lowest BCUT2D eigenvalue weighted by Crippen LogP contribution is -2.16. The van der Waals surface area contributed by atoms with Gasteiger partial charge in [-0.2, -0.15) is 0 Å². The average molecular weight is 297 g/mol. The van der Waals surface area contributed by atoms with E-state index in [9.17, 15) is 4.79 Å². The molecule has 7 nitrogen and oxygen atoms in total. The second kappa shape index (κ2) is 5.34. The number of carbonyl (C=O) groups is 1. The van der Waals surface area contributed by atoms with Gasteiger partial charge in [0.05, 0.1) is 12.4 Å². The zero-order valence-electron chi connectivity index (χ0n) is 10.8. The molecule has 1 aliphatic rings. The second-order valence-corrected chi connectivity index (χ2v) is 4.96. The summed E-state index contributed by atoms with van der Waals surface area (Å²) >= 11 is 6.05. The lowest BCUT2D eigenvalue weighted by molar-refractivity contribution is -0.133. The highest BCUT2D eigenvalue weighted by molar-refractivity contribution is 6.33. The van der Waals surface area contributed by atoms with Gasteiger partial charge >= 0.3 is 0 Å². The lowest BCUT2D eigenvalue weighted by atomic mass is 10.2. The molecule has 0 radical (unpaired) electrons. The molecular weight excluding hydrogens is 284 g/mol. The van der Waals surface area contributed by atoms with Gasteiger partial charge in [-0.3, -0.25) is 9.36 Å². The Hall–Kier alpha value is -1.73. The number of hydrogen-bond donors (Lipinski definition) is 0. The van der Waals surface area contributed by atoms with E-state index in [0.29, 0.717) is 28.6 Å². The van der Waals surface area contributed by atoms with Crippen LogP contribution in [0.1, 0.15) is 24.9 Å². The fourth-order valence-corrected chi connectivity index (χ4v) is 2.61. The third-order valence-electron chi connectivity index (χ3n) is 3.24. The van der Waals surface area contributed by atoms with Gasteiger partial charge in [0.1, 0.15) is 24.2 Å². The number of imidazole rings is 1. The van der Waals surface area contributed by atoms with Crippen LogP contribution in [0.3, 0.4) is 0 Å². The van der Waals surface area contributed by atoms with E-state index in [-0.39, 0.29) is 18.9 Å². The van der Waals surface area contributed by atoms with Crippen LogP contribution in [0, 0.1) is 6.92 Å². The van der Waals surface area contributed by atoms with Gasteiger partial charge in [-0.15, -0.1) is 0 Å². The Morgan fingerprint density at radius 1 is 1.55 bits per heavy atom. The summed E-state index contributed by atoms with van der Waals surface area (Å²) in [5.74, 6) is 0.586. The quantitative estimate of drug-likeness (QED) is 0.630. The summed E-state index contributed by atoms with van der Waals surface area (Å²) in [7, 11) is 0. The van der Waals surface area contributed by atoms with Gasteiger partial charge in [-0.1, -0.05) is 11.6 Å². The van der Waals surface area contributed by atoms with E-state index in [0.717, 1.165) is 12.8 Å². The number of halogens is 1. The summed E-state index contributed by atoms with van der Waals surface area (Å²) in [6.45, 7) is 2.47. The van der Waals surface area contributed by atoms with Crippen molar-refractivity contribution in [2.75, 3.05) is 6.61 Å². The van der Waals surface area contributed by atoms with E-state index < -0.39 is 0 Å². The van der Waals surface area contributed by atoms with Gasteiger partial charge in [-0.05, 0) is 19.8 Å². The number of fused-ring (bicyclic) bond motifs is 1. The zero-order chi connectivity index (χ0) is 14.1. The minimum atomic E-state index is -0.175. The highest BCUT2D eigenvalue weighted by Crippen LogP contribution is 2.31. The fourth-order valence-electron chi connectivity index (χ4n) is 2.36. The third kappa shape index (κ3) is 2.34. The van der Waals surface area contributed by atoms with Crippen molar-refractivity contribution in [3.8, 4) is 0 Å². The van der Waals surface area contributed by atoms with Gasteiger partial charge in [0.2, 0.25) is 0 Å². The third-order valence-corrected chi connectivity index (χ3v) is 3.50. The molecule has 20 heavy (non-hydrogen) atoms. The van der Waals surface area contributed by atoms with Gasteiger partial charge < -0.3 is 9.47 Å². The SMILES string of the molecule is Cc1nc(Cl)c2ncn(C3CC[C@@H](COC=O)O3)c2n1. The largest absolute Gasteiger partial charge is 0.465 e. The Labute approximate surface area is 119 Å². The average Bonchev–Trinajstić information content (AvgIpc) is 3.02.